The fourth-order valence-corrected chi connectivity index (χ4v) is 5.79. The van der Waals surface area contributed by atoms with E-state index in [1.54, 1.807) is 11.8 Å². The summed E-state index contributed by atoms with van der Waals surface area (Å²) in [6, 6.07) is 8.40. The predicted octanol–water partition coefficient (Wildman–Crippen LogP) is 3.97. The molecule has 6 heteroatoms. The van der Waals surface area contributed by atoms with Crippen LogP contribution in [0.1, 0.15) is 32.6 Å². The fourth-order valence-electron chi connectivity index (χ4n) is 5.33. The number of fused-ring (bicyclic) bond motifs is 3. The van der Waals surface area contributed by atoms with Crippen molar-refractivity contribution in [2.45, 2.75) is 43.5 Å². The molecule has 0 aromatic heterocycles. The lowest BCUT2D eigenvalue weighted by atomic mass is 9.75. The predicted molar refractivity (Wildman–Crippen MR) is 122 cm³/mol. The van der Waals surface area contributed by atoms with Crippen LogP contribution in [0.2, 0.25) is 0 Å². The molecule has 0 saturated carbocycles. The number of amides is 2. The van der Waals surface area contributed by atoms with Crippen LogP contribution in [-0.2, 0) is 0 Å². The van der Waals surface area contributed by atoms with Crippen LogP contribution in [0.3, 0.4) is 0 Å². The summed E-state index contributed by atoms with van der Waals surface area (Å²) >= 11 is 1.68. The third-order valence-electron chi connectivity index (χ3n) is 7.21. The third kappa shape index (κ3) is 5.47. The second-order valence-corrected chi connectivity index (χ2v) is 10.1. The average molecular weight is 417 g/mol. The molecule has 5 rings (SSSR count). The van der Waals surface area contributed by atoms with Crippen molar-refractivity contribution in [2.24, 2.45) is 17.8 Å². The van der Waals surface area contributed by atoms with Crippen LogP contribution < -0.4 is 10.6 Å². The summed E-state index contributed by atoms with van der Waals surface area (Å²) in [5.41, 5.74) is 0.857. The number of piperidine rings is 4. The van der Waals surface area contributed by atoms with Crippen LogP contribution >= 0.6 is 11.8 Å². The fraction of sp³-hybridized carbons (Fsp3) is 0.696. The second kappa shape index (κ2) is 9.71. The SMILES string of the molecule is CSc1cccc(NC(=O)NCC2CC3CCN2CC3CN2CCC(C)CC2)c1. The van der Waals surface area contributed by atoms with Crippen LogP contribution in [0, 0.1) is 17.8 Å². The molecule has 4 saturated heterocycles. The molecule has 1 aromatic rings. The minimum Gasteiger partial charge on any atom is -0.336 e. The highest BCUT2D eigenvalue weighted by Crippen LogP contribution is 2.37. The molecule has 1 aromatic carbocycles. The van der Waals surface area contributed by atoms with Gasteiger partial charge in [-0.15, -0.1) is 11.8 Å². The topological polar surface area (TPSA) is 47.6 Å². The number of hydrogen-bond donors (Lipinski definition) is 2. The molecule has 160 valence electrons. The van der Waals surface area contributed by atoms with Gasteiger partial charge in [0.1, 0.15) is 0 Å². The summed E-state index contributed by atoms with van der Waals surface area (Å²) < 4.78 is 0. The molecule has 2 amide bonds. The summed E-state index contributed by atoms with van der Waals surface area (Å²) in [6.45, 7) is 9.39. The number of likely N-dealkylation sites (tertiary alicyclic amines) is 1. The lowest BCUT2D eigenvalue weighted by Gasteiger charge is -2.51. The summed E-state index contributed by atoms with van der Waals surface area (Å²) in [6.07, 6.45) is 7.34. The number of rotatable bonds is 6. The van der Waals surface area contributed by atoms with E-state index < -0.39 is 0 Å². The van der Waals surface area contributed by atoms with Crippen LogP contribution in [0.25, 0.3) is 0 Å². The molecule has 4 unspecified atom stereocenters. The Morgan fingerprint density at radius 2 is 2.03 bits per heavy atom. The van der Waals surface area contributed by atoms with Crippen molar-refractivity contribution in [2.75, 3.05) is 50.8 Å². The molecule has 29 heavy (non-hydrogen) atoms. The van der Waals surface area contributed by atoms with Crippen LogP contribution in [0.4, 0.5) is 10.5 Å². The van der Waals surface area contributed by atoms with E-state index >= 15 is 0 Å². The first-order valence-electron chi connectivity index (χ1n) is 11.3. The summed E-state index contributed by atoms with van der Waals surface area (Å²) in [5, 5.41) is 6.09. The zero-order chi connectivity index (χ0) is 20.2. The van der Waals surface area contributed by atoms with Gasteiger partial charge in [-0.2, -0.15) is 0 Å². The van der Waals surface area contributed by atoms with Gasteiger partial charge in [-0.1, -0.05) is 13.0 Å². The minimum atomic E-state index is -0.0927. The maximum Gasteiger partial charge on any atom is 0.319 e. The van der Waals surface area contributed by atoms with Crippen molar-refractivity contribution >= 4 is 23.5 Å². The molecular weight excluding hydrogens is 380 g/mol. The van der Waals surface area contributed by atoms with Crippen molar-refractivity contribution in [3.05, 3.63) is 24.3 Å². The van der Waals surface area contributed by atoms with Gasteiger partial charge in [0, 0.05) is 36.3 Å². The summed E-state index contributed by atoms with van der Waals surface area (Å²) in [4.78, 5) is 18.9. The number of hydrogen-bond acceptors (Lipinski definition) is 4. The van der Waals surface area contributed by atoms with E-state index in [9.17, 15) is 4.79 Å². The van der Waals surface area contributed by atoms with Crippen molar-refractivity contribution < 1.29 is 4.79 Å². The number of carbonyl (C=O) groups excluding carboxylic acids is 1. The number of urea groups is 1. The van der Waals surface area contributed by atoms with E-state index in [1.165, 1.54) is 58.4 Å². The smallest absolute Gasteiger partial charge is 0.319 e. The van der Waals surface area contributed by atoms with Crippen LogP contribution in [0.15, 0.2) is 29.2 Å². The lowest BCUT2D eigenvalue weighted by Crippen LogP contribution is -2.58. The van der Waals surface area contributed by atoms with Crippen molar-refractivity contribution in [1.82, 2.24) is 15.1 Å². The summed E-state index contributed by atoms with van der Waals surface area (Å²) in [7, 11) is 0. The molecule has 2 bridgehead atoms. The van der Waals surface area contributed by atoms with Gasteiger partial charge in [-0.05, 0) is 87.5 Å². The molecule has 2 N–H and O–H groups in total. The van der Waals surface area contributed by atoms with Gasteiger partial charge in [-0.3, -0.25) is 4.90 Å². The Kier molecular flexibility index (Phi) is 7.04. The Morgan fingerprint density at radius 1 is 1.21 bits per heavy atom. The van der Waals surface area contributed by atoms with Crippen LogP contribution in [-0.4, -0.2) is 67.4 Å². The molecule has 4 aliphatic heterocycles. The highest BCUT2D eigenvalue weighted by molar-refractivity contribution is 7.98. The molecule has 4 fully saturated rings. The molecule has 4 aliphatic rings. The van der Waals surface area contributed by atoms with Gasteiger partial charge in [0.2, 0.25) is 0 Å². The van der Waals surface area contributed by atoms with Gasteiger partial charge in [-0.25, -0.2) is 4.79 Å². The Bertz CT molecular complexity index is 691. The zero-order valence-electron chi connectivity index (χ0n) is 17.9. The number of nitrogens with one attached hydrogen (secondary N) is 2. The van der Waals surface area contributed by atoms with Crippen molar-refractivity contribution in [3.8, 4) is 0 Å². The van der Waals surface area contributed by atoms with Gasteiger partial charge < -0.3 is 15.5 Å². The minimum absolute atomic E-state index is 0.0927. The standard InChI is InChI=1S/C23H36N4OS/c1-17-6-9-26(10-7-17)15-19-16-27-11-8-18(19)12-21(27)14-24-23(28)25-20-4-3-5-22(13-20)29-2/h3-5,13,17-19,21H,6-12,14-16H2,1-2H3,(H2,24,25,28). The van der Waals surface area contributed by atoms with Gasteiger partial charge in [0.25, 0.3) is 0 Å². The number of carbonyl (C=O) groups is 1. The van der Waals surface area contributed by atoms with E-state index in [2.05, 4.69) is 33.4 Å². The molecule has 5 nitrogen and oxygen atoms in total. The number of benzene rings is 1. The Morgan fingerprint density at radius 3 is 2.76 bits per heavy atom. The van der Waals surface area contributed by atoms with E-state index in [4.69, 9.17) is 0 Å². The van der Waals surface area contributed by atoms with Gasteiger partial charge in [0.15, 0.2) is 0 Å². The molecule has 0 spiro atoms. The highest BCUT2D eigenvalue weighted by Gasteiger charge is 2.40. The van der Waals surface area contributed by atoms with Crippen molar-refractivity contribution in [1.29, 1.82) is 0 Å². The maximum absolute atomic E-state index is 12.4. The van der Waals surface area contributed by atoms with Crippen molar-refractivity contribution in [3.63, 3.8) is 0 Å². The first-order valence-corrected chi connectivity index (χ1v) is 12.5. The first-order chi connectivity index (χ1) is 14.1. The molecule has 4 atom stereocenters. The lowest BCUT2D eigenvalue weighted by molar-refractivity contribution is -0.0142. The van der Waals surface area contributed by atoms with E-state index in [0.717, 1.165) is 34.9 Å². The quantitative estimate of drug-likeness (QED) is 0.689. The number of anilines is 1. The Hall–Kier alpha value is -1.24. The maximum atomic E-state index is 12.4. The monoisotopic (exact) mass is 416 g/mol. The first kappa shape index (κ1) is 21.0. The molecule has 4 heterocycles. The zero-order valence-corrected chi connectivity index (χ0v) is 18.7. The molecule has 0 aliphatic carbocycles. The highest BCUT2D eigenvalue weighted by atomic mass is 32.2. The normalized spacial score (nSPS) is 30.3. The van der Waals surface area contributed by atoms with Gasteiger partial charge in [0.05, 0.1) is 0 Å². The van der Waals surface area contributed by atoms with E-state index in [0.29, 0.717) is 6.04 Å². The third-order valence-corrected chi connectivity index (χ3v) is 7.93. The second-order valence-electron chi connectivity index (χ2n) is 9.24. The van der Waals surface area contributed by atoms with Crippen LogP contribution in [0.5, 0.6) is 0 Å². The van der Waals surface area contributed by atoms with E-state index in [1.807, 2.05) is 24.5 Å². The molecular formula is C23H36N4OS. The molecule has 0 radical (unpaired) electrons. The Balaban J connectivity index is 1.22. The average Bonchev–Trinajstić information content (AvgIpc) is 2.75. The number of thioether (sulfide) groups is 1. The largest absolute Gasteiger partial charge is 0.336 e. The Labute approximate surface area is 180 Å². The van der Waals surface area contributed by atoms with Gasteiger partial charge >= 0.3 is 6.03 Å². The van der Waals surface area contributed by atoms with E-state index in [-0.39, 0.29) is 6.03 Å². The summed E-state index contributed by atoms with van der Waals surface area (Å²) in [5.74, 6) is 2.55. The number of nitrogens with zero attached hydrogens (tertiary/aromatic N) is 2.